The zero-order chi connectivity index (χ0) is 20.3. The van der Waals surface area contributed by atoms with Gasteiger partial charge >= 0.3 is 6.18 Å². The molecule has 0 bridgehead atoms. The standard InChI is InChI=1S/C18H15F3N4O3/c1-2-25-9-12(8-22-25)17(27)24-15-4-3-13(7-14(15)18(19,20)21)23-16(26)11-5-6-28-10-11/h3-10H,2H2,1H3,(H,23,26)(H,24,27). The van der Waals surface area contributed by atoms with Gasteiger partial charge in [0.2, 0.25) is 0 Å². The summed E-state index contributed by atoms with van der Waals surface area (Å²) in [6.07, 6.45) is 0.403. The molecule has 0 aliphatic heterocycles. The zero-order valence-corrected chi connectivity index (χ0v) is 14.6. The third-order valence-electron chi connectivity index (χ3n) is 3.83. The van der Waals surface area contributed by atoms with Gasteiger partial charge in [0.05, 0.1) is 34.8 Å². The summed E-state index contributed by atoms with van der Waals surface area (Å²) in [5.74, 6) is -1.34. The Hall–Kier alpha value is -3.56. The van der Waals surface area contributed by atoms with E-state index in [2.05, 4.69) is 15.7 Å². The van der Waals surface area contributed by atoms with Crippen LogP contribution >= 0.6 is 0 Å². The number of rotatable bonds is 5. The maximum atomic E-state index is 13.5. The number of benzene rings is 1. The first-order chi connectivity index (χ1) is 13.3. The number of anilines is 2. The molecule has 3 aromatic rings. The molecule has 7 nitrogen and oxygen atoms in total. The second-order valence-electron chi connectivity index (χ2n) is 5.76. The van der Waals surface area contributed by atoms with E-state index in [-0.39, 0.29) is 16.8 Å². The van der Waals surface area contributed by atoms with Gasteiger partial charge in [0.1, 0.15) is 6.26 Å². The number of hydrogen-bond acceptors (Lipinski definition) is 4. The second-order valence-corrected chi connectivity index (χ2v) is 5.76. The van der Waals surface area contributed by atoms with E-state index < -0.39 is 29.2 Å². The number of nitrogens with zero attached hydrogens (tertiary/aromatic N) is 2. The van der Waals surface area contributed by atoms with E-state index in [0.29, 0.717) is 6.54 Å². The number of halogens is 3. The van der Waals surface area contributed by atoms with Crippen LogP contribution in [-0.2, 0) is 12.7 Å². The lowest BCUT2D eigenvalue weighted by Gasteiger charge is -2.15. The van der Waals surface area contributed by atoms with Crippen LogP contribution in [-0.4, -0.2) is 21.6 Å². The fourth-order valence-electron chi connectivity index (χ4n) is 2.41. The van der Waals surface area contributed by atoms with Crippen molar-refractivity contribution in [3.63, 3.8) is 0 Å². The first kappa shape index (κ1) is 19.2. The summed E-state index contributed by atoms with van der Waals surface area (Å²) in [6.45, 7) is 2.33. The van der Waals surface area contributed by atoms with Crippen molar-refractivity contribution >= 4 is 23.2 Å². The fourth-order valence-corrected chi connectivity index (χ4v) is 2.41. The van der Waals surface area contributed by atoms with Gasteiger partial charge < -0.3 is 15.1 Å². The summed E-state index contributed by atoms with van der Waals surface area (Å²) in [5, 5.41) is 8.51. The third-order valence-corrected chi connectivity index (χ3v) is 3.83. The number of amides is 2. The maximum absolute atomic E-state index is 13.5. The number of furan rings is 1. The normalized spacial score (nSPS) is 11.3. The Balaban J connectivity index is 1.84. The molecule has 1 aromatic carbocycles. The number of carbonyl (C=O) groups is 2. The summed E-state index contributed by atoms with van der Waals surface area (Å²) < 4.78 is 46.6. The van der Waals surface area contributed by atoms with Crippen LogP contribution in [0.15, 0.2) is 53.6 Å². The zero-order valence-electron chi connectivity index (χ0n) is 14.6. The van der Waals surface area contributed by atoms with Crippen LogP contribution in [0.25, 0.3) is 0 Å². The summed E-state index contributed by atoms with van der Waals surface area (Å²) in [6, 6.07) is 4.47. The van der Waals surface area contributed by atoms with Gasteiger partial charge in [-0.2, -0.15) is 18.3 Å². The van der Waals surface area contributed by atoms with Crippen molar-refractivity contribution in [3.05, 3.63) is 65.9 Å². The lowest BCUT2D eigenvalue weighted by molar-refractivity contribution is -0.136. The van der Waals surface area contributed by atoms with Crippen molar-refractivity contribution in [2.45, 2.75) is 19.6 Å². The fraction of sp³-hybridized carbons (Fsp3) is 0.167. The summed E-state index contributed by atoms with van der Waals surface area (Å²) in [7, 11) is 0. The molecule has 146 valence electrons. The van der Waals surface area contributed by atoms with Gasteiger partial charge in [-0.3, -0.25) is 14.3 Å². The smallest absolute Gasteiger partial charge is 0.418 e. The van der Waals surface area contributed by atoms with Crippen LogP contribution in [0.2, 0.25) is 0 Å². The van der Waals surface area contributed by atoms with Crippen molar-refractivity contribution in [2.24, 2.45) is 0 Å². The summed E-state index contributed by atoms with van der Waals surface area (Å²) >= 11 is 0. The summed E-state index contributed by atoms with van der Waals surface area (Å²) in [5.41, 5.74) is -1.29. The predicted octanol–water partition coefficient (Wildman–Crippen LogP) is 4.02. The van der Waals surface area contributed by atoms with E-state index in [9.17, 15) is 22.8 Å². The van der Waals surface area contributed by atoms with E-state index in [4.69, 9.17) is 4.42 Å². The molecule has 0 saturated heterocycles. The van der Waals surface area contributed by atoms with Crippen LogP contribution in [0.1, 0.15) is 33.2 Å². The van der Waals surface area contributed by atoms with Crippen molar-refractivity contribution < 1.29 is 27.2 Å². The van der Waals surface area contributed by atoms with E-state index in [0.717, 1.165) is 12.1 Å². The minimum atomic E-state index is -4.74. The quantitative estimate of drug-likeness (QED) is 0.686. The first-order valence-corrected chi connectivity index (χ1v) is 8.16. The topological polar surface area (TPSA) is 89.2 Å². The van der Waals surface area contributed by atoms with Crippen LogP contribution < -0.4 is 10.6 Å². The minimum Gasteiger partial charge on any atom is -0.472 e. The van der Waals surface area contributed by atoms with Gasteiger partial charge in [-0.25, -0.2) is 0 Å². The van der Waals surface area contributed by atoms with Gasteiger partial charge in [0.15, 0.2) is 0 Å². The number of aryl methyl sites for hydroxylation is 1. The van der Waals surface area contributed by atoms with Crippen LogP contribution in [0.5, 0.6) is 0 Å². The van der Waals surface area contributed by atoms with E-state index in [1.165, 1.54) is 41.7 Å². The van der Waals surface area contributed by atoms with E-state index >= 15 is 0 Å². The van der Waals surface area contributed by atoms with Crippen molar-refractivity contribution in [3.8, 4) is 0 Å². The van der Waals surface area contributed by atoms with Crippen LogP contribution in [0.3, 0.4) is 0 Å². The summed E-state index contributed by atoms with van der Waals surface area (Å²) in [4.78, 5) is 24.2. The van der Waals surface area contributed by atoms with Gasteiger partial charge in [-0.15, -0.1) is 0 Å². The number of alkyl halides is 3. The molecular weight excluding hydrogens is 377 g/mol. The van der Waals surface area contributed by atoms with Gasteiger partial charge in [0, 0.05) is 18.4 Å². The van der Waals surface area contributed by atoms with Gasteiger partial charge in [-0.05, 0) is 31.2 Å². The lowest BCUT2D eigenvalue weighted by Crippen LogP contribution is -2.17. The van der Waals surface area contributed by atoms with Crippen LogP contribution in [0.4, 0.5) is 24.5 Å². The van der Waals surface area contributed by atoms with Crippen molar-refractivity contribution in [2.75, 3.05) is 10.6 Å². The molecule has 2 amide bonds. The molecule has 3 rings (SSSR count). The average molecular weight is 392 g/mol. The molecule has 2 heterocycles. The third kappa shape index (κ3) is 4.22. The largest absolute Gasteiger partial charge is 0.472 e. The molecule has 0 aliphatic carbocycles. The Morgan fingerprint density at radius 2 is 1.89 bits per heavy atom. The first-order valence-electron chi connectivity index (χ1n) is 8.16. The SMILES string of the molecule is CCn1cc(C(=O)Nc2ccc(NC(=O)c3ccoc3)cc2C(F)(F)F)cn1. The van der Waals surface area contributed by atoms with E-state index in [1.54, 1.807) is 0 Å². The van der Waals surface area contributed by atoms with E-state index in [1.807, 2.05) is 6.92 Å². The van der Waals surface area contributed by atoms with Gasteiger partial charge in [0.25, 0.3) is 11.8 Å². The average Bonchev–Trinajstić information content (AvgIpc) is 3.34. The number of nitrogens with one attached hydrogen (secondary N) is 2. The Morgan fingerprint density at radius 3 is 2.50 bits per heavy atom. The molecule has 0 aliphatic rings. The predicted molar refractivity (Wildman–Crippen MR) is 94.0 cm³/mol. The maximum Gasteiger partial charge on any atom is 0.418 e. The highest BCUT2D eigenvalue weighted by Crippen LogP contribution is 2.37. The van der Waals surface area contributed by atoms with Gasteiger partial charge in [-0.1, -0.05) is 0 Å². The molecule has 0 fully saturated rings. The molecular formula is C18H15F3N4O3. The molecule has 0 saturated carbocycles. The minimum absolute atomic E-state index is 0.0738. The highest BCUT2D eigenvalue weighted by atomic mass is 19.4. The number of aromatic nitrogens is 2. The lowest BCUT2D eigenvalue weighted by atomic mass is 10.1. The highest BCUT2D eigenvalue weighted by molar-refractivity contribution is 6.06. The number of hydrogen-bond donors (Lipinski definition) is 2. The molecule has 2 aromatic heterocycles. The monoisotopic (exact) mass is 392 g/mol. The Kier molecular flexibility index (Phi) is 5.21. The van der Waals surface area contributed by atoms with Crippen LogP contribution in [0, 0.1) is 0 Å². The van der Waals surface area contributed by atoms with Crippen molar-refractivity contribution in [1.29, 1.82) is 0 Å². The Morgan fingerprint density at radius 1 is 1.14 bits per heavy atom. The molecule has 0 unspecified atom stereocenters. The van der Waals surface area contributed by atoms with Crippen molar-refractivity contribution in [1.82, 2.24) is 9.78 Å². The molecule has 28 heavy (non-hydrogen) atoms. The molecule has 2 N–H and O–H groups in total. The molecule has 0 radical (unpaired) electrons. The number of carbonyl (C=O) groups excluding carboxylic acids is 2. The second kappa shape index (κ2) is 7.59. The molecule has 10 heteroatoms. The molecule has 0 atom stereocenters. The Labute approximate surface area is 157 Å². The Bertz CT molecular complexity index is 994. The highest BCUT2D eigenvalue weighted by Gasteiger charge is 2.34. The molecule has 0 spiro atoms.